The van der Waals surface area contributed by atoms with Crippen LogP contribution in [0.25, 0.3) is 0 Å². The molecule has 1 aliphatic carbocycles. The van der Waals surface area contributed by atoms with Gasteiger partial charge in [0.05, 0.1) is 17.7 Å². The van der Waals surface area contributed by atoms with Crippen LogP contribution in [0.15, 0.2) is 18.2 Å². The van der Waals surface area contributed by atoms with Gasteiger partial charge in [0.1, 0.15) is 0 Å². The minimum atomic E-state index is -0.400. The number of carbonyl (C=O) groups is 1. The molecule has 0 aromatic heterocycles. The monoisotopic (exact) mass is 295 g/mol. The maximum absolute atomic E-state index is 11.6. The van der Waals surface area contributed by atoms with Gasteiger partial charge in [-0.15, -0.1) is 0 Å². The Bertz CT molecular complexity index is 489. The van der Waals surface area contributed by atoms with Crippen molar-refractivity contribution in [3.63, 3.8) is 0 Å². The third-order valence-electron chi connectivity index (χ3n) is 4.08. The van der Waals surface area contributed by atoms with Gasteiger partial charge in [-0.25, -0.2) is 4.79 Å². The van der Waals surface area contributed by atoms with Gasteiger partial charge in [0.15, 0.2) is 0 Å². The summed E-state index contributed by atoms with van der Waals surface area (Å²) in [7, 11) is 1.36. The van der Waals surface area contributed by atoms with Crippen molar-refractivity contribution < 1.29 is 9.53 Å². The van der Waals surface area contributed by atoms with Gasteiger partial charge in [-0.1, -0.05) is 25.4 Å². The molecule has 0 amide bonds. The molecule has 0 radical (unpaired) electrons. The average molecular weight is 296 g/mol. The van der Waals surface area contributed by atoms with Crippen molar-refractivity contribution in [1.29, 1.82) is 0 Å². The Balaban J connectivity index is 2.05. The van der Waals surface area contributed by atoms with Crippen LogP contribution in [-0.4, -0.2) is 19.1 Å². The molecule has 2 rings (SSSR count). The number of rotatable bonds is 3. The van der Waals surface area contributed by atoms with E-state index in [4.69, 9.17) is 16.3 Å². The van der Waals surface area contributed by atoms with Crippen LogP contribution in [0.3, 0.4) is 0 Å². The van der Waals surface area contributed by atoms with Crippen LogP contribution < -0.4 is 5.32 Å². The number of anilines is 1. The van der Waals surface area contributed by atoms with Crippen LogP contribution in [-0.2, 0) is 4.74 Å². The number of hydrogen-bond acceptors (Lipinski definition) is 3. The van der Waals surface area contributed by atoms with E-state index >= 15 is 0 Å². The maximum Gasteiger partial charge on any atom is 0.339 e. The number of nitrogens with one attached hydrogen (secondary N) is 1. The van der Waals surface area contributed by atoms with Crippen LogP contribution in [0.1, 0.15) is 49.9 Å². The number of esters is 1. The number of halogens is 1. The molecule has 4 heteroatoms. The predicted molar refractivity (Wildman–Crippen MR) is 82.5 cm³/mol. The quantitative estimate of drug-likeness (QED) is 0.834. The molecule has 1 aliphatic rings. The summed E-state index contributed by atoms with van der Waals surface area (Å²) in [5, 5.41) is 3.92. The van der Waals surface area contributed by atoms with Gasteiger partial charge >= 0.3 is 5.97 Å². The molecule has 0 aliphatic heterocycles. The lowest BCUT2D eigenvalue weighted by Crippen LogP contribution is -2.29. The summed E-state index contributed by atoms with van der Waals surface area (Å²) in [5.74, 6) is -0.400. The maximum atomic E-state index is 11.6. The Kier molecular flexibility index (Phi) is 4.59. The molecule has 1 aromatic rings. The summed E-state index contributed by atoms with van der Waals surface area (Å²) in [6.45, 7) is 4.64. The van der Waals surface area contributed by atoms with E-state index in [2.05, 4.69) is 19.2 Å². The summed E-state index contributed by atoms with van der Waals surface area (Å²) >= 11 is 6.02. The summed E-state index contributed by atoms with van der Waals surface area (Å²) in [6, 6.07) is 5.89. The normalized spacial score (nSPS) is 18.6. The van der Waals surface area contributed by atoms with E-state index < -0.39 is 5.97 Å². The first kappa shape index (κ1) is 15.2. The molecular formula is C16H22ClNO2. The molecule has 1 aromatic carbocycles. The van der Waals surface area contributed by atoms with E-state index in [1.54, 1.807) is 12.1 Å². The van der Waals surface area contributed by atoms with E-state index in [0.29, 0.717) is 22.0 Å². The Hall–Kier alpha value is -1.22. The topological polar surface area (TPSA) is 38.3 Å². The zero-order valence-electron chi connectivity index (χ0n) is 12.3. The van der Waals surface area contributed by atoms with E-state index in [1.165, 1.54) is 20.0 Å². The molecule has 110 valence electrons. The smallest absolute Gasteiger partial charge is 0.339 e. The summed E-state index contributed by atoms with van der Waals surface area (Å²) < 4.78 is 4.74. The summed E-state index contributed by atoms with van der Waals surface area (Å²) in [5.41, 5.74) is 1.80. The van der Waals surface area contributed by atoms with Crippen molar-refractivity contribution in [3.05, 3.63) is 28.8 Å². The van der Waals surface area contributed by atoms with Gasteiger partial charge in [0, 0.05) is 11.7 Å². The Morgan fingerprint density at radius 1 is 1.35 bits per heavy atom. The molecular weight excluding hydrogens is 274 g/mol. The van der Waals surface area contributed by atoms with Gasteiger partial charge < -0.3 is 10.1 Å². The van der Waals surface area contributed by atoms with Crippen molar-refractivity contribution in [2.24, 2.45) is 5.41 Å². The van der Waals surface area contributed by atoms with Crippen LogP contribution >= 0.6 is 11.6 Å². The van der Waals surface area contributed by atoms with Crippen LogP contribution in [0.5, 0.6) is 0 Å². The van der Waals surface area contributed by atoms with Gasteiger partial charge in [-0.05, 0) is 49.3 Å². The second-order valence-electron chi connectivity index (χ2n) is 6.27. The molecule has 0 unspecified atom stereocenters. The number of ether oxygens (including phenoxy) is 1. The molecule has 3 nitrogen and oxygen atoms in total. The lowest BCUT2D eigenvalue weighted by Gasteiger charge is -2.35. The second kappa shape index (κ2) is 6.04. The zero-order valence-corrected chi connectivity index (χ0v) is 13.1. The number of hydrogen-bond donors (Lipinski definition) is 1. The highest BCUT2D eigenvalue weighted by atomic mass is 35.5. The van der Waals surface area contributed by atoms with Crippen LogP contribution in [0.2, 0.25) is 5.02 Å². The van der Waals surface area contributed by atoms with Crippen LogP contribution in [0, 0.1) is 5.41 Å². The largest absolute Gasteiger partial charge is 0.465 e. The molecule has 1 fully saturated rings. The molecule has 20 heavy (non-hydrogen) atoms. The highest BCUT2D eigenvalue weighted by Gasteiger charge is 2.26. The molecule has 0 spiro atoms. The summed E-state index contributed by atoms with van der Waals surface area (Å²) in [6.07, 6.45) is 4.76. The first-order valence-electron chi connectivity index (χ1n) is 7.06. The first-order chi connectivity index (χ1) is 9.41. The van der Waals surface area contributed by atoms with E-state index in [1.807, 2.05) is 6.07 Å². The predicted octanol–water partition coefficient (Wildman–Crippen LogP) is 4.51. The fraction of sp³-hybridized carbons (Fsp3) is 0.562. The Morgan fingerprint density at radius 2 is 2.00 bits per heavy atom. The second-order valence-corrected chi connectivity index (χ2v) is 6.68. The number of carbonyl (C=O) groups excluding carboxylic acids is 1. The van der Waals surface area contributed by atoms with Crippen molar-refractivity contribution in [3.8, 4) is 0 Å². The van der Waals surface area contributed by atoms with Gasteiger partial charge in [0.25, 0.3) is 0 Å². The van der Waals surface area contributed by atoms with Crippen LogP contribution in [0.4, 0.5) is 5.69 Å². The lowest BCUT2D eigenvalue weighted by atomic mass is 9.75. The fourth-order valence-electron chi connectivity index (χ4n) is 2.66. The van der Waals surface area contributed by atoms with E-state index in [9.17, 15) is 4.79 Å². The SMILES string of the molecule is COC(=O)c1cc(NC2CCC(C)(C)CC2)ccc1Cl. The standard InChI is InChI=1S/C16H22ClNO2/c1-16(2)8-6-11(7-9-16)18-12-4-5-14(17)13(10-12)15(19)20-3/h4-5,10-11,18H,6-9H2,1-3H3. The molecule has 0 bridgehead atoms. The minimum absolute atomic E-state index is 0.400. The minimum Gasteiger partial charge on any atom is -0.465 e. The van der Waals surface area contributed by atoms with Crippen molar-refractivity contribution in [1.82, 2.24) is 0 Å². The molecule has 1 N–H and O–H groups in total. The number of benzene rings is 1. The van der Waals surface area contributed by atoms with Gasteiger partial charge in [-0.3, -0.25) is 0 Å². The average Bonchev–Trinajstić information content (AvgIpc) is 2.42. The highest BCUT2D eigenvalue weighted by Crippen LogP contribution is 2.36. The first-order valence-corrected chi connectivity index (χ1v) is 7.43. The molecule has 1 saturated carbocycles. The molecule has 0 atom stereocenters. The van der Waals surface area contributed by atoms with Crippen molar-refractivity contribution in [2.45, 2.75) is 45.6 Å². The third kappa shape index (κ3) is 3.66. The van der Waals surface area contributed by atoms with Gasteiger partial charge in [0.2, 0.25) is 0 Å². The molecule has 0 heterocycles. The third-order valence-corrected chi connectivity index (χ3v) is 4.41. The van der Waals surface area contributed by atoms with Crippen molar-refractivity contribution >= 4 is 23.3 Å². The number of methoxy groups -OCH3 is 1. The molecule has 0 saturated heterocycles. The lowest BCUT2D eigenvalue weighted by molar-refractivity contribution is 0.0601. The highest BCUT2D eigenvalue weighted by molar-refractivity contribution is 6.33. The van der Waals surface area contributed by atoms with E-state index in [-0.39, 0.29) is 0 Å². The Morgan fingerprint density at radius 3 is 2.60 bits per heavy atom. The summed E-state index contributed by atoms with van der Waals surface area (Å²) in [4.78, 5) is 11.6. The van der Waals surface area contributed by atoms with Gasteiger partial charge in [-0.2, -0.15) is 0 Å². The van der Waals surface area contributed by atoms with Crippen molar-refractivity contribution in [2.75, 3.05) is 12.4 Å². The zero-order chi connectivity index (χ0) is 14.8. The Labute approximate surface area is 125 Å². The fourth-order valence-corrected chi connectivity index (χ4v) is 2.86. The van der Waals surface area contributed by atoms with E-state index in [0.717, 1.165) is 18.5 Å².